The topological polar surface area (TPSA) is 100.0 Å². The fourth-order valence-electron chi connectivity index (χ4n) is 2.45. The van der Waals surface area contributed by atoms with E-state index in [1.54, 1.807) is 6.07 Å². The van der Waals surface area contributed by atoms with Gasteiger partial charge >= 0.3 is 0 Å². The van der Waals surface area contributed by atoms with Crippen LogP contribution in [0.15, 0.2) is 39.8 Å². The average Bonchev–Trinajstić information content (AvgIpc) is 3.11. The summed E-state index contributed by atoms with van der Waals surface area (Å²) in [5.41, 5.74) is 3.29. The van der Waals surface area contributed by atoms with Crippen molar-refractivity contribution in [2.45, 2.75) is 6.92 Å². The quantitative estimate of drug-likeness (QED) is 0.578. The zero-order valence-electron chi connectivity index (χ0n) is 11.5. The second kappa shape index (κ2) is 4.30. The normalized spacial score (nSPS) is 11.1. The molecule has 1 N–H and O–H groups in total. The molecule has 7 nitrogen and oxygen atoms in total. The summed E-state index contributed by atoms with van der Waals surface area (Å²) in [5, 5.41) is 17.8. The first-order chi connectivity index (χ1) is 10.7. The molecule has 0 fully saturated rings. The monoisotopic (exact) mass is 291 g/mol. The van der Waals surface area contributed by atoms with Crippen LogP contribution in [-0.4, -0.2) is 19.8 Å². The van der Waals surface area contributed by atoms with Gasteiger partial charge in [0, 0.05) is 11.5 Å². The highest BCUT2D eigenvalue weighted by atomic mass is 16.5. The molecule has 3 aromatic heterocycles. The summed E-state index contributed by atoms with van der Waals surface area (Å²) in [5.74, 6) is 0. The number of rotatable bonds is 1. The van der Waals surface area contributed by atoms with Gasteiger partial charge in [-0.05, 0) is 30.7 Å². The molecule has 0 atom stereocenters. The zero-order valence-corrected chi connectivity index (χ0v) is 11.5. The number of fused-ring (bicyclic) bond motifs is 2. The van der Waals surface area contributed by atoms with E-state index in [9.17, 15) is 4.79 Å². The molecule has 0 spiro atoms. The third-order valence-electron chi connectivity index (χ3n) is 3.58. The van der Waals surface area contributed by atoms with Crippen LogP contribution >= 0.6 is 0 Å². The molecule has 0 unspecified atom stereocenters. The van der Waals surface area contributed by atoms with Gasteiger partial charge in [0.25, 0.3) is 5.56 Å². The van der Waals surface area contributed by atoms with Gasteiger partial charge < -0.3 is 9.51 Å². The molecule has 0 saturated heterocycles. The fourth-order valence-corrected chi connectivity index (χ4v) is 2.45. The molecule has 0 aliphatic heterocycles. The summed E-state index contributed by atoms with van der Waals surface area (Å²) < 4.78 is 6.35. The molecule has 0 aliphatic rings. The van der Waals surface area contributed by atoms with Crippen LogP contribution in [0.1, 0.15) is 11.3 Å². The third kappa shape index (κ3) is 1.64. The molecule has 3 heterocycles. The Morgan fingerprint density at radius 1 is 1.36 bits per heavy atom. The number of hydrogen-bond acceptors (Lipinski definition) is 5. The minimum atomic E-state index is -0.299. The lowest BCUT2D eigenvalue weighted by atomic mass is 10.1. The standard InChI is InChI=1S/C15H9N5O2/c1-8-11-4-9(2-3-13(11)22-19-8)12-5-14(21)20-15(18-12)10(6-16)7-17-20/h2-5,7,18H,1H3. The molecule has 0 saturated carbocycles. The number of nitrogens with one attached hydrogen (secondary N) is 1. The van der Waals surface area contributed by atoms with Gasteiger partial charge in [-0.2, -0.15) is 14.9 Å². The molecule has 22 heavy (non-hydrogen) atoms. The number of aromatic nitrogens is 4. The van der Waals surface area contributed by atoms with Crippen LogP contribution in [0.4, 0.5) is 0 Å². The molecular formula is C15H9N5O2. The van der Waals surface area contributed by atoms with E-state index in [-0.39, 0.29) is 5.56 Å². The van der Waals surface area contributed by atoms with Gasteiger partial charge in [-0.3, -0.25) is 4.79 Å². The number of aromatic amines is 1. The summed E-state index contributed by atoms with van der Waals surface area (Å²) in [6.07, 6.45) is 1.37. The Morgan fingerprint density at radius 2 is 2.23 bits per heavy atom. The van der Waals surface area contributed by atoms with Crippen molar-refractivity contribution >= 4 is 16.6 Å². The van der Waals surface area contributed by atoms with Crippen LogP contribution in [0.3, 0.4) is 0 Å². The van der Waals surface area contributed by atoms with Gasteiger partial charge in [-0.25, -0.2) is 0 Å². The largest absolute Gasteiger partial charge is 0.356 e. The Hall–Kier alpha value is -3.40. The van der Waals surface area contributed by atoms with E-state index in [0.29, 0.717) is 22.5 Å². The SMILES string of the molecule is Cc1noc2ccc(-c3cc(=O)n4ncc(C#N)c4[nH]3)cc12. The predicted molar refractivity (Wildman–Crippen MR) is 78.3 cm³/mol. The zero-order chi connectivity index (χ0) is 15.3. The lowest BCUT2D eigenvalue weighted by molar-refractivity contribution is 0.450. The maximum Gasteiger partial charge on any atom is 0.274 e. The van der Waals surface area contributed by atoms with Gasteiger partial charge in [0.15, 0.2) is 11.2 Å². The summed E-state index contributed by atoms with van der Waals surface area (Å²) in [6, 6.07) is 8.99. The second-order valence-electron chi connectivity index (χ2n) is 4.93. The molecule has 0 radical (unpaired) electrons. The van der Waals surface area contributed by atoms with Crippen molar-refractivity contribution in [1.82, 2.24) is 19.8 Å². The van der Waals surface area contributed by atoms with Crippen molar-refractivity contribution in [2.24, 2.45) is 0 Å². The molecule has 7 heteroatoms. The van der Waals surface area contributed by atoms with Crippen LogP contribution in [-0.2, 0) is 0 Å². The van der Waals surface area contributed by atoms with E-state index < -0.39 is 0 Å². The van der Waals surface area contributed by atoms with E-state index in [1.165, 1.54) is 16.8 Å². The predicted octanol–water partition coefficient (Wildman–Crippen LogP) is 2.01. The molecule has 0 aliphatic carbocycles. The van der Waals surface area contributed by atoms with Gasteiger partial charge in [0.05, 0.1) is 17.6 Å². The van der Waals surface area contributed by atoms with Crippen LogP contribution in [0.5, 0.6) is 0 Å². The molecule has 0 bridgehead atoms. The van der Waals surface area contributed by atoms with E-state index in [1.807, 2.05) is 25.1 Å². The van der Waals surface area contributed by atoms with Gasteiger partial charge in [-0.1, -0.05) is 5.16 Å². The van der Waals surface area contributed by atoms with Crippen LogP contribution in [0.25, 0.3) is 27.9 Å². The summed E-state index contributed by atoms with van der Waals surface area (Å²) >= 11 is 0. The number of benzene rings is 1. The number of aryl methyl sites for hydroxylation is 1. The Kier molecular flexibility index (Phi) is 2.41. The first kappa shape index (κ1) is 12.3. The van der Waals surface area contributed by atoms with Crippen molar-refractivity contribution in [1.29, 1.82) is 5.26 Å². The number of hydrogen-bond donors (Lipinski definition) is 1. The van der Waals surface area contributed by atoms with Crippen molar-refractivity contribution < 1.29 is 4.52 Å². The van der Waals surface area contributed by atoms with Crippen molar-refractivity contribution in [3.8, 4) is 17.3 Å². The third-order valence-corrected chi connectivity index (χ3v) is 3.58. The Labute approximate surface area is 123 Å². The van der Waals surface area contributed by atoms with Crippen molar-refractivity contribution in [3.05, 3.63) is 52.1 Å². The highest BCUT2D eigenvalue weighted by Crippen LogP contribution is 2.25. The second-order valence-corrected chi connectivity index (χ2v) is 4.93. The Balaban J connectivity index is 2.01. The van der Waals surface area contributed by atoms with E-state index >= 15 is 0 Å². The lowest BCUT2D eigenvalue weighted by Gasteiger charge is -2.03. The minimum absolute atomic E-state index is 0.299. The first-order valence-electron chi connectivity index (χ1n) is 6.55. The fraction of sp³-hybridized carbons (Fsp3) is 0.0667. The molecular weight excluding hydrogens is 282 g/mol. The Bertz CT molecular complexity index is 1130. The van der Waals surface area contributed by atoms with Crippen molar-refractivity contribution in [3.63, 3.8) is 0 Å². The van der Waals surface area contributed by atoms with E-state index in [4.69, 9.17) is 9.78 Å². The molecule has 106 valence electrons. The van der Waals surface area contributed by atoms with Crippen LogP contribution in [0.2, 0.25) is 0 Å². The molecule has 0 amide bonds. The van der Waals surface area contributed by atoms with Gasteiger partial charge in [0.2, 0.25) is 0 Å². The highest BCUT2D eigenvalue weighted by molar-refractivity contribution is 5.84. The molecule has 4 aromatic rings. The lowest BCUT2D eigenvalue weighted by Crippen LogP contribution is -2.14. The highest BCUT2D eigenvalue weighted by Gasteiger charge is 2.11. The summed E-state index contributed by atoms with van der Waals surface area (Å²) in [4.78, 5) is 15.2. The average molecular weight is 291 g/mol. The van der Waals surface area contributed by atoms with Crippen LogP contribution < -0.4 is 5.56 Å². The van der Waals surface area contributed by atoms with E-state index in [2.05, 4.69) is 15.2 Å². The number of nitrogens with zero attached hydrogens (tertiary/aromatic N) is 4. The van der Waals surface area contributed by atoms with Crippen LogP contribution in [0, 0.1) is 18.3 Å². The smallest absolute Gasteiger partial charge is 0.274 e. The van der Waals surface area contributed by atoms with Gasteiger partial charge in [-0.15, -0.1) is 0 Å². The molecule has 1 aromatic carbocycles. The summed E-state index contributed by atoms with van der Waals surface area (Å²) in [7, 11) is 0. The first-order valence-corrected chi connectivity index (χ1v) is 6.55. The number of nitriles is 1. The van der Waals surface area contributed by atoms with E-state index in [0.717, 1.165) is 16.6 Å². The molecule has 4 rings (SSSR count). The maximum atomic E-state index is 12.1. The number of H-pyrrole nitrogens is 1. The van der Waals surface area contributed by atoms with Gasteiger partial charge in [0.1, 0.15) is 11.6 Å². The minimum Gasteiger partial charge on any atom is -0.356 e. The Morgan fingerprint density at radius 3 is 3.05 bits per heavy atom. The maximum absolute atomic E-state index is 12.1. The summed E-state index contributed by atoms with van der Waals surface area (Å²) in [6.45, 7) is 1.85. The van der Waals surface area contributed by atoms with Crippen molar-refractivity contribution in [2.75, 3.05) is 0 Å².